The second-order valence-corrected chi connectivity index (χ2v) is 11.3. The van der Waals surface area contributed by atoms with Crippen LogP contribution in [0.2, 0.25) is 5.02 Å². The van der Waals surface area contributed by atoms with Gasteiger partial charge < -0.3 is 9.64 Å². The summed E-state index contributed by atoms with van der Waals surface area (Å²) < 4.78 is 33.5. The number of rotatable bonds is 4. The summed E-state index contributed by atoms with van der Waals surface area (Å²) in [6, 6.07) is 8.91. The lowest BCUT2D eigenvalue weighted by atomic mass is 10.1. The maximum atomic E-state index is 13.2. The summed E-state index contributed by atoms with van der Waals surface area (Å²) >= 11 is 8.88. The predicted octanol–water partition coefficient (Wildman–Crippen LogP) is 3.35. The van der Waals surface area contributed by atoms with E-state index in [1.165, 1.54) is 15.6 Å². The van der Waals surface area contributed by atoms with Crippen LogP contribution in [0.3, 0.4) is 0 Å². The van der Waals surface area contributed by atoms with Crippen LogP contribution in [0.5, 0.6) is 0 Å². The SMILES string of the molecule is O=C(c1sccc1S(=O)(=O)N1CCSCC1)N1CCOC(c2ccc(Cl)cc2)C1. The number of morpholine rings is 1. The van der Waals surface area contributed by atoms with Gasteiger partial charge in [0.2, 0.25) is 10.0 Å². The van der Waals surface area contributed by atoms with Gasteiger partial charge in [-0.2, -0.15) is 16.1 Å². The standard InChI is InChI=1S/C19H21ClN2O4S3/c20-15-3-1-14(2-4-15)16-13-21(6-9-26-16)19(23)18-17(5-10-28-18)29(24,25)22-7-11-27-12-8-22/h1-5,10,16H,6-9,11-13H2. The van der Waals surface area contributed by atoms with Crippen LogP contribution >= 0.6 is 34.7 Å². The Hall–Kier alpha value is -1.10. The molecule has 0 bridgehead atoms. The number of thiophene rings is 1. The number of halogens is 1. The van der Waals surface area contributed by atoms with Crippen molar-refractivity contribution < 1.29 is 17.9 Å². The van der Waals surface area contributed by atoms with Gasteiger partial charge in [-0.1, -0.05) is 23.7 Å². The number of nitrogens with zero attached hydrogens (tertiary/aromatic N) is 2. The quantitative estimate of drug-likeness (QED) is 0.682. The summed E-state index contributed by atoms with van der Waals surface area (Å²) in [5, 5.41) is 2.32. The normalized spacial score (nSPS) is 21.3. The van der Waals surface area contributed by atoms with E-state index >= 15 is 0 Å². The molecule has 0 N–H and O–H groups in total. The minimum Gasteiger partial charge on any atom is -0.370 e. The van der Waals surface area contributed by atoms with Crippen LogP contribution in [0, 0.1) is 0 Å². The zero-order chi connectivity index (χ0) is 20.4. The van der Waals surface area contributed by atoms with Crippen LogP contribution in [0.4, 0.5) is 0 Å². The van der Waals surface area contributed by atoms with Gasteiger partial charge in [0.05, 0.1) is 13.2 Å². The van der Waals surface area contributed by atoms with Gasteiger partial charge in [0.1, 0.15) is 15.9 Å². The molecule has 0 aliphatic carbocycles. The molecule has 1 atom stereocenters. The third kappa shape index (κ3) is 4.50. The Morgan fingerprint density at radius 2 is 1.83 bits per heavy atom. The Morgan fingerprint density at radius 3 is 2.55 bits per heavy atom. The lowest BCUT2D eigenvalue weighted by Crippen LogP contribution is -2.43. The molecular weight excluding hydrogens is 452 g/mol. The van der Waals surface area contributed by atoms with E-state index in [4.69, 9.17) is 16.3 Å². The van der Waals surface area contributed by atoms with Gasteiger partial charge in [-0.3, -0.25) is 4.79 Å². The lowest BCUT2D eigenvalue weighted by molar-refractivity contribution is -0.0227. The van der Waals surface area contributed by atoms with E-state index in [1.807, 2.05) is 12.1 Å². The van der Waals surface area contributed by atoms with Crippen LogP contribution in [0.25, 0.3) is 0 Å². The van der Waals surface area contributed by atoms with Crippen LogP contribution in [0.15, 0.2) is 40.6 Å². The smallest absolute Gasteiger partial charge is 0.265 e. The second kappa shape index (κ2) is 8.95. The van der Waals surface area contributed by atoms with Crippen molar-refractivity contribution in [1.29, 1.82) is 0 Å². The molecular formula is C19H21ClN2O4S3. The second-order valence-electron chi connectivity index (χ2n) is 6.79. The number of carbonyl (C=O) groups excluding carboxylic acids is 1. The van der Waals surface area contributed by atoms with E-state index in [0.717, 1.165) is 17.1 Å². The minimum absolute atomic E-state index is 0.119. The van der Waals surface area contributed by atoms with Crippen LogP contribution in [-0.2, 0) is 14.8 Å². The number of hydrogen-bond acceptors (Lipinski definition) is 6. The summed E-state index contributed by atoms with van der Waals surface area (Å²) in [5.74, 6) is 1.30. The van der Waals surface area contributed by atoms with E-state index in [2.05, 4.69) is 0 Å². The first kappa shape index (κ1) is 21.1. The molecule has 1 amide bonds. The zero-order valence-corrected chi connectivity index (χ0v) is 18.8. The Bertz CT molecular complexity index is 972. The van der Waals surface area contributed by atoms with Gasteiger partial charge in [0.25, 0.3) is 5.91 Å². The van der Waals surface area contributed by atoms with Crippen LogP contribution in [-0.4, -0.2) is 67.8 Å². The molecule has 0 radical (unpaired) electrons. The highest BCUT2D eigenvalue weighted by molar-refractivity contribution is 7.99. The van der Waals surface area contributed by atoms with Crippen molar-refractivity contribution in [2.24, 2.45) is 0 Å². The Balaban J connectivity index is 1.54. The zero-order valence-electron chi connectivity index (χ0n) is 15.6. The van der Waals surface area contributed by atoms with E-state index in [0.29, 0.717) is 37.8 Å². The first-order chi connectivity index (χ1) is 14.0. The molecule has 2 aliphatic rings. The van der Waals surface area contributed by atoms with Gasteiger partial charge in [-0.25, -0.2) is 8.42 Å². The molecule has 2 fully saturated rings. The molecule has 4 rings (SSSR count). The summed E-state index contributed by atoms with van der Waals surface area (Å²) in [5.41, 5.74) is 0.941. The van der Waals surface area contributed by atoms with Gasteiger partial charge in [-0.15, -0.1) is 11.3 Å². The maximum Gasteiger partial charge on any atom is 0.265 e. The fourth-order valence-corrected chi connectivity index (χ4v) is 7.50. The molecule has 1 unspecified atom stereocenters. The summed E-state index contributed by atoms with van der Waals surface area (Å²) in [7, 11) is -3.67. The Morgan fingerprint density at radius 1 is 1.10 bits per heavy atom. The molecule has 2 aliphatic heterocycles. The number of hydrogen-bond donors (Lipinski definition) is 0. The van der Waals surface area contributed by atoms with E-state index in [9.17, 15) is 13.2 Å². The van der Waals surface area contributed by atoms with Crippen molar-refractivity contribution in [2.45, 2.75) is 11.0 Å². The van der Waals surface area contributed by atoms with Gasteiger partial charge in [0, 0.05) is 36.2 Å². The molecule has 10 heteroatoms. The molecule has 3 heterocycles. The van der Waals surface area contributed by atoms with Crippen molar-refractivity contribution in [3.63, 3.8) is 0 Å². The molecule has 1 aromatic heterocycles. The number of thioether (sulfide) groups is 1. The van der Waals surface area contributed by atoms with Crippen molar-refractivity contribution in [1.82, 2.24) is 9.21 Å². The van der Waals surface area contributed by atoms with Gasteiger partial charge in [-0.05, 0) is 29.1 Å². The monoisotopic (exact) mass is 472 g/mol. The van der Waals surface area contributed by atoms with Crippen molar-refractivity contribution in [3.8, 4) is 0 Å². The molecule has 2 saturated heterocycles. The van der Waals surface area contributed by atoms with Crippen molar-refractivity contribution in [3.05, 3.63) is 51.2 Å². The van der Waals surface area contributed by atoms with Crippen molar-refractivity contribution in [2.75, 3.05) is 44.3 Å². The molecule has 2 aromatic rings. The van der Waals surface area contributed by atoms with E-state index in [-0.39, 0.29) is 21.8 Å². The molecule has 156 valence electrons. The molecule has 29 heavy (non-hydrogen) atoms. The first-order valence-electron chi connectivity index (χ1n) is 9.28. The molecule has 1 aromatic carbocycles. The molecule has 0 saturated carbocycles. The third-order valence-corrected chi connectivity index (χ3v) is 9.17. The molecule has 0 spiro atoms. The largest absolute Gasteiger partial charge is 0.370 e. The minimum atomic E-state index is -3.67. The Kier molecular flexibility index (Phi) is 6.53. The summed E-state index contributed by atoms with van der Waals surface area (Å²) in [4.78, 5) is 15.3. The number of sulfonamides is 1. The number of carbonyl (C=O) groups is 1. The molecule has 6 nitrogen and oxygen atoms in total. The topological polar surface area (TPSA) is 66.9 Å². The third-order valence-electron chi connectivity index (χ3n) is 5.01. The van der Waals surface area contributed by atoms with Gasteiger partial charge in [0.15, 0.2) is 0 Å². The first-order valence-corrected chi connectivity index (χ1v) is 13.1. The van der Waals surface area contributed by atoms with Crippen LogP contribution < -0.4 is 0 Å². The van der Waals surface area contributed by atoms with E-state index in [1.54, 1.807) is 40.2 Å². The number of amides is 1. The highest BCUT2D eigenvalue weighted by atomic mass is 35.5. The number of ether oxygens (including phenoxy) is 1. The fraction of sp³-hybridized carbons (Fsp3) is 0.421. The highest BCUT2D eigenvalue weighted by Gasteiger charge is 2.34. The maximum absolute atomic E-state index is 13.2. The highest BCUT2D eigenvalue weighted by Crippen LogP contribution is 2.30. The number of benzene rings is 1. The average molecular weight is 473 g/mol. The van der Waals surface area contributed by atoms with E-state index < -0.39 is 10.0 Å². The summed E-state index contributed by atoms with van der Waals surface area (Å²) in [6.07, 6.45) is -0.260. The lowest BCUT2D eigenvalue weighted by Gasteiger charge is -2.33. The predicted molar refractivity (Wildman–Crippen MR) is 116 cm³/mol. The average Bonchev–Trinajstić information content (AvgIpc) is 3.25. The van der Waals surface area contributed by atoms with Crippen LogP contribution in [0.1, 0.15) is 21.3 Å². The van der Waals surface area contributed by atoms with Crippen molar-refractivity contribution >= 4 is 50.6 Å². The fourth-order valence-electron chi connectivity index (χ4n) is 3.44. The Labute approximate surface area is 183 Å². The van der Waals surface area contributed by atoms with Gasteiger partial charge >= 0.3 is 0 Å². The summed E-state index contributed by atoms with van der Waals surface area (Å²) in [6.45, 7) is 2.16.